The summed E-state index contributed by atoms with van der Waals surface area (Å²) in [6.07, 6.45) is 1.88. The summed E-state index contributed by atoms with van der Waals surface area (Å²) in [4.78, 5) is 11.8. The summed E-state index contributed by atoms with van der Waals surface area (Å²) < 4.78 is 0. The van der Waals surface area contributed by atoms with Crippen LogP contribution in [0.4, 0.5) is 5.69 Å². The second kappa shape index (κ2) is 6.28. The molecule has 3 heteroatoms. The molecule has 1 atom stereocenters. The van der Waals surface area contributed by atoms with E-state index in [1.165, 1.54) is 0 Å². The second-order valence-electron chi connectivity index (χ2n) is 3.99. The molecule has 1 aromatic carbocycles. The van der Waals surface area contributed by atoms with E-state index in [-0.39, 0.29) is 18.4 Å². The minimum absolute atomic E-state index is 0.0109. The summed E-state index contributed by atoms with van der Waals surface area (Å²) in [5, 5.41) is 12.0. The first-order valence-corrected chi connectivity index (χ1v) is 5.68. The number of carbonyl (C=O) groups is 1. The van der Waals surface area contributed by atoms with Crippen LogP contribution in [-0.4, -0.2) is 11.0 Å². The Morgan fingerprint density at radius 3 is 2.75 bits per heavy atom. The number of rotatable bonds is 5. The minimum atomic E-state index is -0.0569. The van der Waals surface area contributed by atoms with Crippen molar-refractivity contribution in [3.8, 4) is 0 Å². The van der Waals surface area contributed by atoms with Crippen LogP contribution in [0, 0.1) is 5.92 Å². The zero-order chi connectivity index (χ0) is 12.0. The normalized spacial score (nSPS) is 12.2. The molecule has 0 fully saturated rings. The van der Waals surface area contributed by atoms with Crippen LogP contribution in [0.2, 0.25) is 0 Å². The molecule has 0 aromatic heterocycles. The van der Waals surface area contributed by atoms with E-state index in [4.69, 9.17) is 5.11 Å². The highest BCUT2D eigenvalue weighted by Gasteiger charge is 2.12. The van der Waals surface area contributed by atoms with Crippen LogP contribution in [0.15, 0.2) is 24.3 Å². The van der Waals surface area contributed by atoms with Gasteiger partial charge in [0.15, 0.2) is 0 Å². The highest BCUT2D eigenvalue weighted by Crippen LogP contribution is 2.16. The molecule has 0 saturated heterocycles. The van der Waals surface area contributed by atoms with Gasteiger partial charge < -0.3 is 10.4 Å². The zero-order valence-corrected chi connectivity index (χ0v) is 9.86. The van der Waals surface area contributed by atoms with Crippen molar-refractivity contribution in [3.63, 3.8) is 0 Å². The van der Waals surface area contributed by atoms with Crippen molar-refractivity contribution in [2.45, 2.75) is 33.3 Å². The van der Waals surface area contributed by atoms with E-state index in [1.807, 2.05) is 25.1 Å². The number of anilines is 1. The van der Waals surface area contributed by atoms with E-state index in [0.717, 1.165) is 18.4 Å². The maximum atomic E-state index is 11.8. The molecule has 0 aliphatic carbocycles. The van der Waals surface area contributed by atoms with Crippen LogP contribution >= 0.6 is 0 Å². The minimum Gasteiger partial charge on any atom is -0.392 e. The molecule has 0 aliphatic rings. The Balaban J connectivity index is 2.69. The summed E-state index contributed by atoms with van der Waals surface area (Å²) in [5.41, 5.74) is 1.46. The van der Waals surface area contributed by atoms with E-state index in [1.54, 1.807) is 6.07 Å². The lowest BCUT2D eigenvalue weighted by Gasteiger charge is -2.13. The number of amides is 1. The number of carbonyl (C=O) groups excluding carboxylic acids is 1. The number of nitrogens with one attached hydrogen (secondary N) is 1. The number of para-hydroxylation sites is 1. The van der Waals surface area contributed by atoms with Crippen LogP contribution in [0.5, 0.6) is 0 Å². The van der Waals surface area contributed by atoms with Crippen LogP contribution < -0.4 is 5.32 Å². The van der Waals surface area contributed by atoms with Gasteiger partial charge in [-0.05, 0) is 12.5 Å². The van der Waals surface area contributed by atoms with Gasteiger partial charge in [0.1, 0.15) is 0 Å². The molecule has 16 heavy (non-hydrogen) atoms. The van der Waals surface area contributed by atoms with Crippen LogP contribution in [-0.2, 0) is 11.4 Å². The van der Waals surface area contributed by atoms with Crippen molar-refractivity contribution in [1.82, 2.24) is 0 Å². The van der Waals surface area contributed by atoms with Crippen LogP contribution in [0.25, 0.3) is 0 Å². The zero-order valence-electron chi connectivity index (χ0n) is 9.86. The van der Waals surface area contributed by atoms with E-state index in [0.29, 0.717) is 5.69 Å². The fourth-order valence-corrected chi connectivity index (χ4v) is 1.60. The highest BCUT2D eigenvalue weighted by atomic mass is 16.3. The molecule has 88 valence electrons. The fourth-order valence-electron chi connectivity index (χ4n) is 1.60. The van der Waals surface area contributed by atoms with Gasteiger partial charge in [-0.15, -0.1) is 0 Å². The maximum Gasteiger partial charge on any atom is 0.227 e. The molecular weight excluding hydrogens is 202 g/mol. The molecule has 0 heterocycles. The molecule has 1 unspecified atom stereocenters. The molecule has 0 saturated carbocycles. The van der Waals surface area contributed by atoms with Gasteiger partial charge in [-0.25, -0.2) is 0 Å². The van der Waals surface area contributed by atoms with Crippen molar-refractivity contribution in [2.24, 2.45) is 5.92 Å². The van der Waals surface area contributed by atoms with Crippen LogP contribution in [0.1, 0.15) is 32.3 Å². The summed E-state index contributed by atoms with van der Waals surface area (Å²) in [5.74, 6) is 0.0273. The molecular formula is C13H19NO2. The van der Waals surface area contributed by atoms with Gasteiger partial charge in [-0.3, -0.25) is 4.79 Å². The molecule has 0 spiro atoms. The first-order valence-electron chi connectivity index (χ1n) is 5.68. The average molecular weight is 221 g/mol. The van der Waals surface area contributed by atoms with E-state index < -0.39 is 0 Å². The molecule has 3 nitrogen and oxygen atoms in total. The molecule has 0 aliphatic heterocycles. The van der Waals surface area contributed by atoms with Gasteiger partial charge in [-0.1, -0.05) is 38.5 Å². The summed E-state index contributed by atoms with van der Waals surface area (Å²) in [6.45, 7) is 3.92. The van der Waals surface area contributed by atoms with Gasteiger partial charge >= 0.3 is 0 Å². The lowest BCUT2D eigenvalue weighted by atomic mass is 10.1. The predicted molar refractivity (Wildman–Crippen MR) is 65.1 cm³/mol. The van der Waals surface area contributed by atoms with Crippen molar-refractivity contribution >= 4 is 11.6 Å². The molecule has 1 amide bonds. The van der Waals surface area contributed by atoms with Gasteiger partial charge in [-0.2, -0.15) is 0 Å². The quantitative estimate of drug-likeness (QED) is 0.802. The SMILES string of the molecule is CCCC(C)C(=O)Nc1ccccc1CO. The topological polar surface area (TPSA) is 49.3 Å². The third-order valence-corrected chi connectivity index (χ3v) is 2.61. The number of hydrogen-bond donors (Lipinski definition) is 2. The lowest BCUT2D eigenvalue weighted by molar-refractivity contribution is -0.119. The Labute approximate surface area is 96.5 Å². The monoisotopic (exact) mass is 221 g/mol. The van der Waals surface area contributed by atoms with Crippen molar-refractivity contribution < 1.29 is 9.90 Å². The largest absolute Gasteiger partial charge is 0.392 e. The number of aliphatic hydroxyl groups is 1. The first kappa shape index (κ1) is 12.7. The Hall–Kier alpha value is -1.35. The molecule has 1 rings (SSSR count). The van der Waals surface area contributed by atoms with E-state index >= 15 is 0 Å². The van der Waals surface area contributed by atoms with Gasteiger partial charge in [0.05, 0.1) is 6.61 Å². The Kier molecular flexibility index (Phi) is 4.99. The molecule has 0 radical (unpaired) electrons. The van der Waals surface area contributed by atoms with Crippen molar-refractivity contribution in [1.29, 1.82) is 0 Å². The van der Waals surface area contributed by atoms with E-state index in [2.05, 4.69) is 12.2 Å². The molecule has 2 N–H and O–H groups in total. The van der Waals surface area contributed by atoms with Crippen molar-refractivity contribution in [2.75, 3.05) is 5.32 Å². The van der Waals surface area contributed by atoms with Gasteiger partial charge in [0.25, 0.3) is 0 Å². The predicted octanol–water partition coefficient (Wildman–Crippen LogP) is 2.55. The molecule has 1 aromatic rings. The van der Waals surface area contributed by atoms with Crippen molar-refractivity contribution in [3.05, 3.63) is 29.8 Å². The highest BCUT2D eigenvalue weighted by molar-refractivity contribution is 5.92. The van der Waals surface area contributed by atoms with Gasteiger partial charge in [0.2, 0.25) is 5.91 Å². The average Bonchev–Trinajstić information content (AvgIpc) is 2.30. The third kappa shape index (κ3) is 3.35. The van der Waals surface area contributed by atoms with E-state index in [9.17, 15) is 4.79 Å². The first-order chi connectivity index (χ1) is 7.69. The second-order valence-corrected chi connectivity index (χ2v) is 3.99. The Bertz CT molecular complexity index is 350. The lowest BCUT2D eigenvalue weighted by Crippen LogP contribution is -2.20. The number of aliphatic hydroxyl groups excluding tert-OH is 1. The standard InChI is InChI=1S/C13H19NO2/c1-3-6-10(2)13(16)14-12-8-5-4-7-11(12)9-15/h4-5,7-8,10,15H,3,6,9H2,1-2H3,(H,14,16). The Morgan fingerprint density at radius 2 is 2.12 bits per heavy atom. The summed E-state index contributed by atoms with van der Waals surface area (Å²) >= 11 is 0. The third-order valence-electron chi connectivity index (χ3n) is 2.61. The summed E-state index contributed by atoms with van der Waals surface area (Å²) in [6, 6.07) is 7.30. The molecule has 0 bridgehead atoms. The maximum absolute atomic E-state index is 11.8. The fraction of sp³-hybridized carbons (Fsp3) is 0.462. The smallest absolute Gasteiger partial charge is 0.227 e. The summed E-state index contributed by atoms with van der Waals surface area (Å²) in [7, 11) is 0. The van der Waals surface area contributed by atoms with Crippen LogP contribution in [0.3, 0.4) is 0 Å². The number of benzene rings is 1. The Morgan fingerprint density at radius 1 is 1.44 bits per heavy atom. The van der Waals surface area contributed by atoms with Gasteiger partial charge in [0, 0.05) is 17.2 Å². The number of hydrogen-bond acceptors (Lipinski definition) is 2.